The van der Waals surface area contributed by atoms with Crippen LogP contribution in [0.4, 0.5) is 11.4 Å². The largest absolute Gasteiger partial charge is 0.457 e. The Hall–Kier alpha value is -3.39. The van der Waals surface area contributed by atoms with Crippen LogP contribution in [0.15, 0.2) is 48.5 Å². The summed E-state index contributed by atoms with van der Waals surface area (Å²) < 4.78 is 7.22. The third-order valence-corrected chi connectivity index (χ3v) is 4.08. The van der Waals surface area contributed by atoms with Gasteiger partial charge in [0.05, 0.1) is 22.4 Å². The SMILES string of the molecule is Cc1cc(C)n(CC(=O)Nc2cc(Oc3ccc(Cl)cc3)cc([N+](=O)[O-])c2)n1. The summed E-state index contributed by atoms with van der Waals surface area (Å²) in [4.78, 5) is 23.0. The number of hydrogen-bond acceptors (Lipinski definition) is 5. The highest BCUT2D eigenvalue weighted by Crippen LogP contribution is 2.30. The smallest absolute Gasteiger partial charge is 0.275 e. The van der Waals surface area contributed by atoms with Crippen molar-refractivity contribution in [2.75, 3.05) is 5.32 Å². The first kappa shape index (κ1) is 19.4. The molecule has 3 aromatic rings. The summed E-state index contributed by atoms with van der Waals surface area (Å²) >= 11 is 5.84. The highest BCUT2D eigenvalue weighted by molar-refractivity contribution is 6.30. The Bertz CT molecular complexity index is 1030. The summed E-state index contributed by atoms with van der Waals surface area (Å²) in [5.74, 6) is 0.326. The van der Waals surface area contributed by atoms with E-state index in [-0.39, 0.29) is 29.6 Å². The number of nitrogens with one attached hydrogen (secondary N) is 1. The van der Waals surface area contributed by atoms with Gasteiger partial charge < -0.3 is 10.1 Å². The van der Waals surface area contributed by atoms with Crippen LogP contribution in [-0.2, 0) is 11.3 Å². The molecule has 3 rings (SSSR count). The van der Waals surface area contributed by atoms with Gasteiger partial charge in [-0.3, -0.25) is 19.6 Å². The molecule has 0 saturated heterocycles. The van der Waals surface area contributed by atoms with Gasteiger partial charge >= 0.3 is 0 Å². The second-order valence-corrected chi connectivity index (χ2v) is 6.60. The molecule has 0 aliphatic heterocycles. The number of carbonyl (C=O) groups excluding carboxylic acids is 1. The van der Waals surface area contributed by atoms with E-state index in [9.17, 15) is 14.9 Å². The number of aromatic nitrogens is 2. The lowest BCUT2D eigenvalue weighted by Gasteiger charge is -2.10. The number of nitro benzene ring substituents is 1. The first-order valence-electron chi connectivity index (χ1n) is 8.34. The number of nitro groups is 1. The lowest BCUT2D eigenvalue weighted by Crippen LogP contribution is -2.20. The lowest BCUT2D eigenvalue weighted by atomic mass is 10.2. The van der Waals surface area contributed by atoms with Crippen molar-refractivity contribution in [1.29, 1.82) is 0 Å². The Morgan fingerprint density at radius 3 is 2.50 bits per heavy atom. The molecular weight excluding hydrogens is 384 g/mol. The van der Waals surface area contributed by atoms with Crippen molar-refractivity contribution in [2.24, 2.45) is 0 Å². The van der Waals surface area contributed by atoms with Gasteiger partial charge in [0.15, 0.2) is 0 Å². The van der Waals surface area contributed by atoms with E-state index < -0.39 is 4.92 Å². The summed E-state index contributed by atoms with van der Waals surface area (Å²) in [5, 5.41) is 18.7. The molecule has 0 radical (unpaired) electrons. The number of halogens is 1. The first-order valence-corrected chi connectivity index (χ1v) is 8.72. The van der Waals surface area contributed by atoms with Gasteiger partial charge in [-0.1, -0.05) is 11.6 Å². The zero-order valence-electron chi connectivity index (χ0n) is 15.2. The van der Waals surface area contributed by atoms with Crippen molar-refractivity contribution in [3.63, 3.8) is 0 Å². The third kappa shape index (κ3) is 4.86. The van der Waals surface area contributed by atoms with Gasteiger partial charge in [-0.25, -0.2) is 0 Å². The Morgan fingerprint density at radius 1 is 1.18 bits per heavy atom. The molecule has 1 amide bonds. The fraction of sp³-hybridized carbons (Fsp3) is 0.158. The van der Waals surface area contributed by atoms with Crippen LogP contribution in [0.5, 0.6) is 11.5 Å². The lowest BCUT2D eigenvalue weighted by molar-refractivity contribution is -0.384. The van der Waals surface area contributed by atoms with Gasteiger partial charge in [-0.2, -0.15) is 5.10 Å². The van der Waals surface area contributed by atoms with E-state index in [0.29, 0.717) is 10.8 Å². The number of amides is 1. The van der Waals surface area contributed by atoms with E-state index in [1.807, 2.05) is 19.9 Å². The van der Waals surface area contributed by atoms with E-state index in [2.05, 4.69) is 10.4 Å². The number of hydrogen-bond donors (Lipinski definition) is 1. The van der Waals surface area contributed by atoms with Gasteiger partial charge in [-0.05, 0) is 44.2 Å². The quantitative estimate of drug-likeness (QED) is 0.485. The topological polar surface area (TPSA) is 99.3 Å². The number of rotatable bonds is 6. The standard InChI is InChI=1S/C19H17ClN4O4/c1-12-7-13(2)23(22-12)11-19(25)21-15-8-16(24(26)27)10-18(9-15)28-17-5-3-14(20)4-6-17/h3-10H,11H2,1-2H3,(H,21,25). The highest BCUT2D eigenvalue weighted by Gasteiger charge is 2.14. The maximum atomic E-state index is 12.3. The fourth-order valence-electron chi connectivity index (χ4n) is 2.63. The molecule has 9 heteroatoms. The van der Waals surface area contributed by atoms with E-state index in [1.54, 1.807) is 28.9 Å². The number of non-ortho nitro benzene ring substituents is 1. The Balaban J connectivity index is 1.80. The number of aryl methyl sites for hydroxylation is 2. The van der Waals surface area contributed by atoms with Crippen molar-refractivity contribution < 1.29 is 14.5 Å². The van der Waals surface area contributed by atoms with Crippen LogP contribution in [0.2, 0.25) is 5.02 Å². The maximum absolute atomic E-state index is 12.3. The fourth-order valence-corrected chi connectivity index (χ4v) is 2.76. The first-order chi connectivity index (χ1) is 13.3. The summed E-state index contributed by atoms with van der Waals surface area (Å²) in [7, 11) is 0. The molecule has 28 heavy (non-hydrogen) atoms. The number of benzene rings is 2. The molecule has 1 N–H and O–H groups in total. The highest BCUT2D eigenvalue weighted by atomic mass is 35.5. The number of carbonyl (C=O) groups is 1. The predicted molar refractivity (Wildman–Crippen MR) is 105 cm³/mol. The number of nitrogens with zero attached hydrogens (tertiary/aromatic N) is 3. The zero-order chi connectivity index (χ0) is 20.3. The minimum absolute atomic E-state index is 0.00423. The van der Waals surface area contributed by atoms with Crippen LogP contribution in [-0.4, -0.2) is 20.6 Å². The summed E-state index contributed by atoms with van der Waals surface area (Å²) in [6.07, 6.45) is 0. The molecule has 0 aliphatic carbocycles. The molecule has 0 unspecified atom stereocenters. The van der Waals surface area contributed by atoms with Crippen LogP contribution in [0.1, 0.15) is 11.4 Å². The molecule has 0 fully saturated rings. The Kier molecular flexibility index (Phi) is 5.60. The average molecular weight is 401 g/mol. The minimum atomic E-state index is -0.550. The molecule has 0 aliphatic rings. The monoisotopic (exact) mass is 400 g/mol. The molecule has 144 valence electrons. The molecule has 0 atom stereocenters. The van der Waals surface area contributed by atoms with Crippen LogP contribution >= 0.6 is 11.6 Å². The normalized spacial score (nSPS) is 10.5. The van der Waals surface area contributed by atoms with Crippen molar-refractivity contribution in [3.05, 3.63) is 75.1 Å². The van der Waals surface area contributed by atoms with Crippen LogP contribution in [0, 0.1) is 24.0 Å². The summed E-state index contributed by atoms with van der Waals surface area (Å²) in [5.41, 5.74) is 1.70. The van der Waals surface area contributed by atoms with E-state index in [4.69, 9.17) is 16.3 Å². The molecular formula is C19H17ClN4O4. The minimum Gasteiger partial charge on any atom is -0.457 e. The Labute approximate surface area is 165 Å². The predicted octanol–water partition coefficient (Wildman–Crippen LogP) is 4.49. The van der Waals surface area contributed by atoms with Crippen LogP contribution in [0.3, 0.4) is 0 Å². The molecule has 8 nitrogen and oxygen atoms in total. The van der Waals surface area contributed by atoms with Crippen molar-refractivity contribution in [3.8, 4) is 11.5 Å². The van der Waals surface area contributed by atoms with Crippen molar-refractivity contribution in [1.82, 2.24) is 9.78 Å². The van der Waals surface area contributed by atoms with E-state index in [1.165, 1.54) is 18.2 Å². The van der Waals surface area contributed by atoms with E-state index in [0.717, 1.165) is 11.4 Å². The molecule has 1 aromatic heterocycles. The molecule has 0 spiro atoms. The van der Waals surface area contributed by atoms with Gasteiger partial charge in [-0.15, -0.1) is 0 Å². The number of ether oxygens (including phenoxy) is 1. The Morgan fingerprint density at radius 2 is 1.89 bits per heavy atom. The zero-order valence-corrected chi connectivity index (χ0v) is 15.9. The summed E-state index contributed by atoms with van der Waals surface area (Å²) in [6.45, 7) is 3.68. The maximum Gasteiger partial charge on any atom is 0.275 e. The van der Waals surface area contributed by atoms with Crippen LogP contribution < -0.4 is 10.1 Å². The molecule has 0 saturated carbocycles. The van der Waals surface area contributed by atoms with Crippen molar-refractivity contribution in [2.45, 2.75) is 20.4 Å². The summed E-state index contributed by atoms with van der Waals surface area (Å²) in [6, 6.07) is 12.5. The van der Waals surface area contributed by atoms with Gasteiger partial charge in [0.2, 0.25) is 5.91 Å². The van der Waals surface area contributed by atoms with Crippen molar-refractivity contribution >= 4 is 28.9 Å². The average Bonchev–Trinajstić information content (AvgIpc) is 2.93. The van der Waals surface area contributed by atoms with Gasteiger partial charge in [0.25, 0.3) is 5.69 Å². The number of anilines is 1. The van der Waals surface area contributed by atoms with Crippen LogP contribution in [0.25, 0.3) is 0 Å². The molecule has 2 aromatic carbocycles. The van der Waals surface area contributed by atoms with Gasteiger partial charge in [0.1, 0.15) is 18.0 Å². The second kappa shape index (κ2) is 8.10. The third-order valence-electron chi connectivity index (χ3n) is 3.83. The van der Waals surface area contributed by atoms with E-state index >= 15 is 0 Å². The molecule has 0 bridgehead atoms. The second-order valence-electron chi connectivity index (χ2n) is 6.16. The van der Waals surface area contributed by atoms with Gasteiger partial charge in [0, 0.05) is 22.8 Å². The molecule has 1 heterocycles.